The van der Waals surface area contributed by atoms with E-state index in [0.29, 0.717) is 18.4 Å². The van der Waals surface area contributed by atoms with E-state index in [4.69, 9.17) is 11.6 Å². The van der Waals surface area contributed by atoms with Gasteiger partial charge in [0.05, 0.1) is 0 Å². The molecule has 2 aromatic rings. The summed E-state index contributed by atoms with van der Waals surface area (Å²) in [7, 11) is 3.69. The van der Waals surface area contributed by atoms with Crippen molar-refractivity contribution in [2.24, 2.45) is 0 Å². The van der Waals surface area contributed by atoms with Gasteiger partial charge in [-0.1, -0.05) is 6.07 Å². The van der Waals surface area contributed by atoms with Crippen molar-refractivity contribution in [2.75, 3.05) is 24.3 Å². The topological polar surface area (TPSA) is 66.8 Å². The molecular weight excluding hydrogens is 252 g/mol. The molecule has 2 rings (SSSR count). The van der Waals surface area contributed by atoms with Gasteiger partial charge in [0.25, 0.3) is 0 Å². The zero-order valence-corrected chi connectivity index (χ0v) is 10.9. The molecule has 0 saturated carbocycles. The maximum Gasteiger partial charge on any atom is 0.230 e. The minimum atomic E-state index is 0.169. The van der Waals surface area contributed by atoms with E-state index in [1.165, 1.54) is 0 Å². The van der Waals surface area contributed by atoms with Crippen LogP contribution in [0.3, 0.4) is 0 Å². The maximum absolute atomic E-state index is 5.83. The molecule has 0 fully saturated rings. The zero-order chi connectivity index (χ0) is 13.0. The van der Waals surface area contributed by atoms with Crippen LogP contribution in [0.15, 0.2) is 24.5 Å². The zero-order valence-electron chi connectivity index (χ0n) is 10.1. The number of rotatable bonds is 4. The lowest BCUT2D eigenvalue weighted by Gasteiger charge is -2.11. The van der Waals surface area contributed by atoms with Crippen molar-refractivity contribution >= 4 is 23.5 Å². The summed E-state index contributed by atoms with van der Waals surface area (Å²) >= 11 is 5.83. The molecule has 18 heavy (non-hydrogen) atoms. The Hall–Kier alpha value is -1.95. The van der Waals surface area contributed by atoms with Crippen LogP contribution in [0, 0.1) is 0 Å². The predicted molar refractivity (Wildman–Crippen MR) is 70.7 cm³/mol. The van der Waals surface area contributed by atoms with Gasteiger partial charge >= 0.3 is 0 Å². The van der Waals surface area contributed by atoms with Gasteiger partial charge in [-0.05, 0) is 23.2 Å². The van der Waals surface area contributed by atoms with E-state index in [-0.39, 0.29) is 5.28 Å². The van der Waals surface area contributed by atoms with Gasteiger partial charge in [-0.3, -0.25) is 4.98 Å². The van der Waals surface area contributed by atoms with Crippen LogP contribution >= 0.6 is 11.6 Å². The molecule has 0 radical (unpaired) electrons. The first-order valence-corrected chi connectivity index (χ1v) is 5.74. The molecule has 2 heterocycles. The number of nitrogens with zero attached hydrogens (tertiary/aromatic N) is 5. The third kappa shape index (κ3) is 3.27. The van der Waals surface area contributed by atoms with Crippen LogP contribution in [0.1, 0.15) is 5.56 Å². The molecule has 0 spiro atoms. The molecule has 0 unspecified atom stereocenters. The van der Waals surface area contributed by atoms with Gasteiger partial charge in [-0.25, -0.2) is 0 Å². The minimum absolute atomic E-state index is 0.169. The van der Waals surface area contributed by atoms with Crippen molar-refractivity contribution in [3.8, 4) is 0 Å². The molecule has 2 aromatic heterocycles. The fourth-order valence-electron chi connectivity index (χ4n) is 1.30. The van der Waals surface area contributed by atoms with Gasteiger partial charge in [0.2, 0.25) is 17.2 Å². The molecule has 0 aliphatic rings. The Morgan fingerprint density at radius 3 is 2.78 bits per heavy atom. The summed E-state index contributed by atoms with van der Waals surface area (Å²) in [4.78, 5) is 18.1. The number of hydrogen-bond acceptors (Lipinski definition) is 6. The van der Waals surface area contributed by atoms with Crippen LogP contribution in [0.4, 0.5) is 11.9 Å². The van der Waals surface area contributed by atoms with Crippen molar-refractivity contribution < 1.29 is 0 Å². The van der Waals surface area contributed by atoms with E-state index in [2.05, 4.69) is 25.3 Å². The number of nitrogens with one attached hydrogen (secondary N) is 1. The van der Waals surface area contributed by atoms with Crippen LogP contribution in [-0.4, -0.2) is 34.0 Å². The molecule has 1 N–H and O–H groups in total. The second kappa shape index (κ2) is 5.59. The van der Waals surface area contributed by atoms with Gasteiger partial charge in [0, 0.05) is 33.0 Å². The maximum atomic E-state index is 5.83. The number of halogens is 1. The number of hydrogen-bond donors (Lipinski definition) is 1. The molecule has 0 aromatic carbocycles. The molecule has 6 nitrogen and oxygen atoms in total. The predicted octanol–water partition coefficient (Wildman–Crippen LogP) is 1.60. The van der Waals surface area contributed by atoms with Crippen molar-refractivity contribution in [3.63, 3.8) is 0 Å². The van der Waals surface area contributed by atoms with Crippen molar-refractivity contribution in [2.45, 2.75) is 6.54 Å². The number of anilines is 2. The Morgan fingerprint density at radius 1 is 1.28 bits per heavy atom. The normalized spacial score (nSPS) is 10.2. The van der Waals surface area contributed by atoms with Crippen LogP contribution in [0.5, 0.6) is 0 Å². The van der Waals surface area contributed by atoms with E-state index in [1.807, 2.05) is 26.2 Å². The smallest absolute Gasteiger partial charge is 0.230 e. The summed E-state index contributed by atoms with van der Waals surface area (Å²) in [6, 6.07) is 3.85. The summed E-state index contributed by atoms with van der Waals surface area (Å²) in [5, 5.41) is 3.25. The Bertz CT molecular complexity index is 516. The van der Waals surface area contributed by atoms with E-state index in [0.717, 1.165) is 5.56 Å². The monoisotopic (exact) mass is 264 g/mol. The van der Waals surface area contributed by atoms with Crippen LogP contribution in [0.25, 0.3) is 0 Å². The minimum Gasteiger partial charge on any atom is -0.350 e. The summed E-state index contributed by atoms with van der Waals surface area (Å²) in [6.45, 7) is 0.584. The Balaban J connectivity index is 2.10. The van der Waals surface area contributed by atoms with Crippen LogP contribution < -0.4 is 10.2 Å². The van der Waals surface area contributed by atoms with E-state index < -0.39 is 0 Å². The molecule has 94 valence electrons. The third-order valence-corrected chi connectivity index (χ3v) is 2.34. The average molecular weight is 265 g/mol. The molecular formula is C11H13ClN6. The lowest BCUT2D eigenvalue weighted by Crippen LogP contribution is -2.15. The molecule has 7 heteroatoms. The summed E-state index contributed by atoms with van der Waals surface area (Å²) in [5.41, 5.74) is 1.04. The number of pyridine rings is 1. The average Bonchev–Trinajstić information content (AvgIpc) is 2.37. The highest BCUT2D eigenvalue weighted by atomic mass is 35.5. The van der Waals surface area contributed by atoms with Crippen molar-refractivity contribution in [3.05, 3.63) is 35.4 Å². The molecule has 0 aliphatic heterocycles. The van der Waals surface area contributed by atoms with E-state index in [9.17, 15) is 0 Å². The standard InChI is InChI=1S/C11H13ClN6/c1-18(2)11-16-9(12)15-10(17-11)14-7-8-4-3-5-13-6-8/h3-6H,7H2,1-2H3,(H,14,15,16,17). The van der Waals surface area contributed by atoms with Gasteiger partial charge in [0.15, 0.2) is 0 Å². The Morgan fingerprint density at radius 2 is 2.11 bits per heavy atom. The molecule has 0 amide bonds. The first-order chi connectivity index (χ1) is 8.65. The summed E-state index contributed by atoms with van der Waals surface area (Å²) < 4.78 is 0. The van der Waals surface area contributed by atoms with E-state index >= 15 is 0 Å². The second-order valence-electron chi connectivity index (χ2n) is 3.84. The fourth-order valence-corrected chi connectivity index (χ4v) is 1.46. The van der Waals surface area contributed by atoms with Crippen LogP contribution in [-0.2, 0) is 6.54 Å². The van der Waals surface area contributed by atoms with Gasteiger partial charge < -0.3 is 10.2 Å². The molecule has 0 bridgehead atoms. The quantitative estimate of drug-likeness (QED) is 0.905. The fraction of sp³-hybridized carbons (Fsp3) is 0.273. The van der Waals surface area contributed by atoms with Gasteiger partial charge in [-0.15, -0.1) is 0 Å². The van der Waals surface area contributed by atoms with Gasteiger partial charge in [-0.2, -0.15) is 15.0 Å². The molecule has 0 aliphatic carbocycles. The highest BCUT2D eigenvalue weighted by molar-refractivity contribution is 6.28. The molecule has 0 saturated heterocycles. The molecule has 0 atom stereocenters. The highest BCUT2D eigenvalue weighted by Crippen LogP contribution is 2.12. The summed E-state index contributed by atoms with van der Waals surface area (Å²) in [6.07, 6.45) is 3.51. The van der Waals surface area contributed by atoms with Crippen molar-refractivity contribution in [1.82, 2.24) is 19.9 Å². The van der Waals surface area contributed by atoms with Crippen molar-refractivity contribution in [1.29, 1.82) is 0 Å². The first kappa shape index (κ1) is 12.5. The largest absolute Gasteiger partial charge is 0.350 e. The highest BCUT2D eigenvalue weighted by Gasteiger charge is 2.06. The third-order valence-electron chi connectivity index (χ3n) is 2.17. The first-order valence-electron chi connectivity index (χ1n) is 5.37. The lowest BCUT2D eigenvalue weighted by molar-refractivity contribution is 0.941. The summed E-state index contributed by atoms with van der Waals surface area (Å²) in [5.74, 6) is 0.964. The SMILES string of the molecule is CN(C)c1nc(Cl)nc(NCc2cccnc2)n1. The van der Waals surface area contributed by atoms with Gasteiger partial charge in [0.1, 0.15) is 0 Å². The number of aromatic nitrogens is 4. The van der Waals surface area contributed by atoms with Crippen LogP contribution in [0.2, 0.25) is 5.28 Å². The lowest BCUT2D eigenvalue weighted by atomic mass is 10.3. The Kier molecular flexibility index (Phi) is 3.88. The second-order valence-corrected chi connectivity index (χ2v) is 4.18. The Labute approximate surface area is 110 Å². The van der Waals surface area contributed by atoms with E-state index in [1.54, 1.807) is 17.3 Å².